The van der Waals surface area contributed by atoms with Crippen LogP contribution in [0, 0.1) is 0 Å². The number of aromatic nitrogens is 1. The molecular weight excluding hydrogens is 472 g/mol. The lowest BCUT2D eigenvalue weighted by Crippen LogP contribution is -2.37. The number of nitrogens with zero attached hydrogens (tertiary/aromatic N) is 1. The van der Waals surface area contributed by atoms with Crippen LogP contribution in [0.5, 0.6) is 0 Å². The number of hydrogen-bond donors (Lipinski definition) is 2. The molecule has 0 bridgehead atoms. The third kappa shape index (κ3) is 5.36. The summed E-state index contributed by atoms with van der Waals surface area (Å²) in [5, 5.41) is 1.95. The summed E-state index contributed by atoms with van der Waals surface area (Å²) in [5.74, 6) is 0.116. The van der Waals surface area contributed by atoms with Crippen LogP contribution >= 0.6 is 11.8 Å². The number of rotatable bonds is 4. The first-order valence-electron chi connectivity index (χ1n) is 8.65. The Morgan fingerprint density at radius 1 is 0.968 bits per heavy atom. The Morgan fingerprint density at radius 3 is 2.03 bits per heavy atom. The van der Waals surface area contributed by atoms with E-state index in [1.165, 1.54) is 4.31 Å². The summed E-state index contributed by atoms with van der Waals surface area (Å²) < 4.78 is 104. The molecule has 0 unspecified atom stereocenters. The molecule has 0 radical (unpaired) electrons. The van der Waals surface area contributed by atoms with Crippen molar-refractivity contribution in [2.45, 2.75) is 17.2 Å². The van der Waals surface area contributed by atoms with Gasteiger partial charge in [-0.05, 0) is 24.3 Å². The average Bonchev–Trinajstić information content (AvgIpc) is 3.18. The predicted octanol–water partition coefficient (Wildman–Crippen LogP) is 4.04. The predicted molar refractivity (Wildman–Crippen MR) is 101 cm³/mol. The van der Waals surface area contributed by atoms with E-state index in [4.69, 9.17) is 0 Å². The molecule has 6 nitrogen and oxygen atoms in total. The molecule has 0 atom stereocenters. The number of sulfonamides is 1. The molecule has 0 saturated carbocycles. The highest BCUT2D eigenvalue weighted by molar-refractivity contribution is 7.99. The minimum Gasteiger partial charge on any atom is -0.356 e. The second-order valence-electron chi connectivity index (χ2n) is 6.51. The summed E-state index contributed by atoms with van der Waals surface area (Å²) in [4.78, 5) is 14.5. The highest BCUT2D eigenvalue weighted by Gasteiger charge is 2.37. The van der Waals surface area contributed by atoms with E-state index in [1.54, 1.807) is 11.8 Å². The number of carbonyl (C=O) groups excluding carboxylic acids is 1. The van der Waals surface area contributed by atoms with Crippen molar-refractivity contribution in [3.05, 3.63) is 47.3 Å². The van der Waals surface area contributed by atoms with Crippen LogP contribution in [-0.2, 0) is 22.4 Å². The summed E-state index contributed by atoms with van der Waals surface area (Å²) in [6, 6.07) is 1.63. The van der Waals surface area contributed by atoms with E-state index in [-0.39, 0.29) is 29.7 Å². The van der Waals surface area contributed by atoms with E-state index in [1.807, 2.05) is 5.32 Å². The van der Waals surface area contributed by atoms with Crippen molar-refractivity contribution in [1.29, 1.82) is 0 Å². The van der Waals surface area contributed by atoms with E-state index in [9.17, 15) is 39.6 Å². The minimum atomic E-state index is -5.07. The number of H-pyrrole nitrogens is 1. The number of benzene rings is 1. The molecule has 2 N–H and O–H groups in total. The SMILES string of the molecule is O=C(Nc1cc(C(F)(F)F)cc(C(F)(F)F)c1)c1cc(S(=O)(=O)N2CCSCC2)c[nH]1. The van der Waals surface area contributed by atoms with Gasteiger partial charge in [0.1, 0.15) is 10.6 Å². The largest absolute Gasteiger partial charge is 0.416 e. The standard InChI is InChI=1S/C17H15F6N3O3S2/c18-16(19,20)10-5-11(17(21,22)23)7-12(6-10)25-15(27)14-8-13(9-24-14)31(28,29)26-1-3-30-4-2-26/h5-9,24H,1-4H2,(H,25,27). The van der Waals surface area contributed by atoms with Crippen molar-refractivity contribution in [2.75, 3.05) is 29.9 Å². The summed E-state index contributed by atoms with van der Waals surface area (Å²) in [6.45, 7) is 0.564. The van der Waals surface area contributed by atoms with Crippen LogP contribution in [-0.4, -0.2) is 48.2 Å². The lowest BCUT2D eigenvalue weighted by Gasteiger charge is -2.24. The van der Waals surface area contributed by atoms with Crippen LogP contribution in [0.4, 0.5) is 32.0 Å². The van der Waals surface area contributed by atoms with Gasteiger partial charge >= 0.3 is 12.4 Å². The number of carbonyl (C=O) groups is 1. The lowest BCUT2D eigenvalue weighted by atomic mass is 10.1. The van der Waals surface area contributed by atoms with E-state index in [2.05, 4.69) is 4.98 Å². The Kier molecular flexibility index (Phi) is 6.35. The van der Waals surface area contributed by atoms with Crippen molar-refractivity contribution in [2.24, 2.45) is 0 Å². The Morgan fingerprint density at radius 2 is 1.52 bits per heavy atom. The first-order valence-corrected chi connectivity index (χ1v) is 11.2. The molecule has 1 aliphatic heterocycles. The lowest BCUT2D eigenvalue weighted by molar-refractivity contribution is -0.143. The third-order valence-corrected chi connectivity index (χ3v) is 7.17. The quantitative estimate of drug-likeness (QED) is 0.638. The van der Waals surface area contributed by atoms with Crippen LogP contribution in [0.1, 0.15) is 21.6 Å². The number of halogens is 6. The van der Waals surface area contributed by atoms with Gasteiger partial charge in [-0.15, -0.1) is 0 Å². The number of anilines is 1. The number of alkyl halides is 6. The van der Waals surface area contributed by atoms with Gasteiger partial charge in [0.25, 0.3) is 5.91 Å². The van der Waals surface area contributed by atoms with E-state index in [0.717, 1.165) is 12.3 Å². The highest BCUT2D eigenvalue weighted by atomic mass is 32.2. The summed E-state index contributed by atoms with van der Waals surface area (Å²) in [5.41, 5.74) is -4.25. The molecule has 1 saturated heterocycles. The molecule has 170 valence electrons. The Hall–Kier alpha value is -2.19. The fourth-order valence-electron chi connectivity index (χ4n) is 2.82. The zero-order valence-corrected chi connectivity index (χ0v) is 17.1. The number of hydrogen-bond acceptors (Lipinski definition) is 4. The van der Waals surface area contributed by atoms with Gasteiger partial charge in [-0.25, -0.2) is 8.42 Å². The van der Waals surface area contributed by atoms with Crippen molar-refractivity contribution in [3.8, 4) is 0 Å². The monoisotopic (exact) mass is 487 g/mol. The average molecular weight is 487 g/mol. The van der Waals surface area contributed by atoms with Crippen molar-refractivity contribution < 1.29 is 39.6 Å². The fraction of sp³-hybridized carbons (Fsp3) is 0.353. The van der Waals surface area contributed by atoms with E-state index in [0.29, 0.717) is 23.6 Å². The van der Waals surface area contributed by atoms with Crippen LogP contribution < -0.4 is 5.32 Å². The zero-order chi connectivity index (χ0) is 23.0. The molecule has 1 amide bonds. The zero-order valence-electron chi connectivity index (χ0n) is 15.5. The molecule has 2 heterocycles. The Labute approximate surface area is 177 Å². The maximum atomic E-state index is 12.9. The first kappa shape index (κ1) is 23.5. The third-order valence-electron chi connectivity index (χ3n) is 4.35. The normalized spacial score (nSPS) is 16.3. The molecule has 2 aromatic rings. The Balaban J connectivity index is 1.85. The molecule has 1 fully saturated rings. The molecule has 3 rings (SSSR count). The van der Waals surface area contributed by atoms with Crippen molar-refractivity contribution >= 4 is 33.4 Å². The maximum Gasteiger partial charge on any atom is 0.416 e. The number of aromatic amines is 1. The molecule has 1 aliphatic rings. The van der Waals surface area contributed by atoms with Gasteiger partial charge in [0.2, 0.25) is 10.0 Å². The van der Waals surface area contributed by atoms with E-state index >= 15 is 0 Å². The highest BCUT2D eigenvalue weighted by Crippen LogP contribution is 2.37. The van der Waals surface area contributed by atoms with Gasteiger partial charge in [-0.3, -0.25) is 4.79 Å². The van der Waals surface area contributed by atoms with Gasteiger partial charge in [0.05, 0.1) is 11.1 Å². The fourth-order valence-corrected chi connectivity index (χ4v) is 5.39. The molecule has 1 aromatic carbocycles. The topological polar surface area (TPSA) is 82.3 Å². The van der Waals surface area contributed by atoms with Gasteiger partial charge in [0.15, 0.2) is 0 Å². The summed E-state index contributed by atoms with van der Waals surface area (Å²) in [6.07, 6.45) is -9.10. The molecule has 0 aliphatic carbocycles. The second kappa shape index (κ2) is 8.39. The second-order valence-corrected chi connectivity index (χ2v) is 9.68. The van der Waals surface area contributed by atoms with Gasteiger partial charge in [-0.2, -0.15) is 42.4 Å². The Bertz CT molecular complexity index is 1040. The number of amides is 1. The first-order chi connectivity index (χ1) is 14.3. The van der Waals surface area contributed by atoms with Crippen LogP contribution in [0.2, 0.25) is 0 Å². The smallest absolute Gasteiger partial charge is 0.356 e. The van der Waals surface area contributed by atoms with Gasteiger partial charge in [0, 0.05) is 36.5 Å². The van der Waals surface area contributed by atoms with Crippen molar-refractivity contribution in [1.82, 2.24) is 9.29 Å². The molecule has 1 aromatic heterocycles. The van der Waals surface area contributed by atoms with E-state index < -0.39 is 45.1 Å². The molecule has 31 heavy (non-hydrogen) atoms. The van der Waals surface area contributed by atoms with Gasteiger partial charge in [-0.1, -0.05) is 0 Å². The molecule has 14 heteroatoms. The number of thioether (sulfide) groups is 1. The maximum absolute atomic E-state index is 12.9. The van der Waals surface area contributed by atoms with Crippen LogP contribution in [0.3, 0.4) is 0 Å². The van der Waals surface area contributed by atoms with Gasteiger partial charge < -0.3 is 10.3 Å². The minimum absolute atomic E-state index is 0.0636. The molecule has 0 spiro atoms. The molecular formula is C17H15F6N3O3S2. The van der Waals surface area contributed by atoms with Crippen molar-refractivity contribution in [3.63, 3.8) is 0 Å². The summed E-state index contributed by atoms with van der Waals surface area (Å²) in [7, 11) is -3.89. The van der Waals surface area contributed by atoms with Crippen LogP contribution in [0.15, 0.2) is 35.4 Å². The summed E-state index contributed by atoms with van der Waals surface area (Å²) >= 11 is 1.59. The number of nitrogens with one attached hydrogen (secondary N) is 2. The van der Waals surface area contributed by atoms with Crippen LogP contribution in [0.25, 0.3) is 0 Å².